The molecule has 0 atom stereocenters. The van der Waals surface area contributed by atoms with Crippen LogP contribution in [0.4, 0.5) is 15.8 Å². The van der Waals surface area contributed by atoms with Gasteiger partial charge in [-0.25, -0.2) is 4.98 Å². The SMILES string of the molecule is O=C(C=Cc1ccc([N+](=O)[O-])s1)Nc1nc(-c2cccc([N+](=O)[O-])c2)cs1. The lowest BCUT2D eigenvalue weighted by Crippen LogP contribution is -2.07. The number of nitrogens with one attached hydrogen (secondary N) is 1. The Morgan fingerprint density at radius 3 is 2.67 bits per heavy atom. The fraction of sp³-hybridized carbons (Fsp3) is 0. The maximum Gasteiger partial charge on any atom is 0.324 e. The molecule has 27 heavy (non-hydrogen) atoms. The van der Waals surface area contributed by atoms with E-state index in [1.165, 1.54) is 41.7 Å². The molecule has 0 spiro atoms. The number of aromatic nitrogens is 1. The van der Waals surface area contributed by atoms with E-state index in [0.717, 1.165) is 11.3 Å². The number of thiazole rings is 1. The number of amides is 1. The summed E-state index contributed by atoms with van der Waals surface area (Å²) >= 11 is 2.14. The highest BCUT2D eigenvalue weighted by Crippen LogP contribution is 2.28. The zero-order valence-electron chi connectivity index (χ0n) is 13.4. The third-order valence-electron chi connectivity index (χ3n) is 3.28. The average molecular weight is 402 g/mol. The monoisotopic (exact) mass is 402 g/mol. The molecule has 11 heteroatoms. The van der Waals surface area contributed by atoms with Crippen molar-refractivity contribution in [1.82, 2.24) is 4.98 Å². The van der Waals surface area contributed by atoms with Gasteiger partial charge in [-0.3, -0.25) is 30.3 Å². The summed E-state index contributed by atoms with van der Waals surface area (Å²) in [7, 11) is 0. The number of nitro groups is 2. The van der Waals surface area contributed by atoms with E-state index in [2.05, 4.69) is 10.3 Å². The van der Waals surface area contributed by atoms with E-state index < -0.39 is 15.8 Å². The van der Waals surface area contributed by atoms with E-state index >= 15 is 0 Å². The van der Waals surface area contributed by atoms with Crippen LogP contribution in [0.3, 0.4) is 0 Å². The molecule has 136 valence electrons. The van der Waals surface area contributed by atoms with Crippen molar-refractivity contribution in [3.8, 4) is 11.3 Å². The van der Waals surface area contributed by atoms with Crippen molar-refractivity contribution >= 4 is 50.5 Å². The van der Waals surface area contributed by atoms with Crippen molar-refractivity contribution in [2.75, 3.05) is 5.32 Å². The zero-order valence-corrected chi connectivity index (χ0v) is 15.0. The van der Waals surface area contributed by atoms with Crippen LogP contribution in [0.1, 0.15) is 4.88 Å². The number of carbonyl (C=O) groups is 1. The van der Waals surface area contributed by atoms with E-state index in [1.807, 2.05) is 0 Å². The first-order chi connectivity index (χ1) is 12.9. The molecule has 0 aliphatic heterocycles. The topological polar surface area (TPSA) is 128 Å². The average Bonchev–Trinajstić information content (AvgIpc) is 3.29. The highest BCUT2D eigenvalue weighted by atomic mass is 32.1. The third-order valence-corrected chi connectivity index (χ3v) is 5.04. The van der Waals surface area contributed by atoms with Gasteiger partial charge in [0.15, 0.2) is 5.13 Å². The van der Waals surface area contributed by atoms with E-state index in [0.29, 0.717) is 21.3 Å². The number of hydrogen-bond acceptors (Lipinski definition) is 8. The van der Waals surface area contributed by atoms with Crippen LogP contribution in [0.5, 0.6) is 0 Å². The van der Waals surface area contributed by atoms with Gasteiger partial charge in [-0.15, -0.1) is 11.3 Å². The van der Waals surface area contributed by atoms with Crippen LogP contribution in [0, 0.1) is 20.2 Å². The Labute approximate surface area is 159 Å². The van der Waals surface area contributed by atoms with Crippen LogP contribution in [-0.2, 0) is 4.79 Å². The van der Waals surface area contributed by atoms with Gasteiger partial charge in [0.1, 0.15) is 0 Å². The fourth-order valence-electron chi connectivity index (χ4n) is 2.08. The van der Waals surface area contributed by atoms with Gasteiger partial charge in [0.2, 0.25) is 5.91 Å². The Balaban J connectivity index is 1.67. The predicted molar refractivity (Wildman–Crippen MR) is 103 cm³/mol. The van der Waals surface area contributed by atoms with Crippen molar-refractivity contribution in [1.29, 1.82) is 0 Å². The highest BCUT2D eigenvalue weighted by molar-refractivity contribution is 7.16. The predicted octanol–water partition coefficient (Wildman–Crippen LogP) is 4.34. The van der Waals surface area contributed by atoms with Crippen LogP contribution < -0.4 is 5.32 Å². The lowest BCUT2D eigenvalue weighted by atomic mass is 10.1. The minimum atomic E-state index is -0.493. The number of rotatable bonds is 6. The van der Waals surface area contributed by atoms with Gasteiger partial charge in [-0.2, -0.15) is 0 Å². The normalized spacial score (nSPS) is 10.8. The summed E-state index contributed by atoms with van der Waals surface area (Å²) in [5.74, 6) is -0.439. The first kappa shape index (κ1) is 18.4. The maximum atomic E-state index is 12.0. The van der Waals surface area contributed by atoms with Crippen molar-refractivity contribution in [3.05, 3.63) is 73.0 Å². The number of non-ortho nitro benzene ring substituents is 1. The molecular formula is C16H10N4O5S2. The molecule has 1 aromatic carbocycles. The first-order valence-electron chi connectivity index (χ1n) is 7.36. The summed E-state index contributed by atoms with van der Waals surface area (Å²) in [4.78, 5) is 37.3. The third kappa shape index (κ3) is 4.59. The number of carbonyl (C=O) groups excluding carboxylic acids is 1. The second-order valence-electron chi connectivity index (χ2n) is 5.10. The van der Waals surface area contributed by atoms with Crippen LogP contribution in [0.25, 0.3) is 17.3 Å². The zero-order chi connectivity index (χ0) is 19.4. The Bertz CT molecular complexity index is 1060. The number of thiophene rings is 1. The van der Waals surface area contributed by atoms with E-state index in [9.17, 15) is 25.0 Å². The Hall–Kier alpha value is -3.44. The van der Waals surface area contributed by atoms with Gasteiger partial charge >= 0.3 is 5.00 Å². The minimum Gasteiger partial charge on any atom is -0.298 e. The molecule has 0 aliphatic rings. The highest BCUT2D eigenvalue weighted by Gasteiger charge is 2.11. The standard InChI is InChI=1S/C16H10N4O5S2/c21-14(6-4-12-5-7-15(27-12)20(24)25)18-16-17-13(9-26-16)10-2-1-3-11(8-10)19(22)23/h1-9H,(H,17,18,21). The lowest BCUT2D eigenvalue weighted by molar-refractivity contribution is -0.384. The number of benzene rings is 1. The minimum absolute atomic E-state index is 0.00317. The summed E-state index contributed by atoms with van der Waals surface area (Å²) in [6, 6.07) is 8.97. The van der Waals surface area contributed by atoms with Gasteiger partial charge in [0.05, 0.1) is 15.5 Å². The Morgan fingerprint density at radius 2 is 1.96 bits per heavy atom. The molecule has 0 radical (unpaired) electrons. The van der Waals surface area contributed by atoms with Crippen LogP contribution in [-0.4, -0.2) is 20.7 Å². The number of anilines is 1. The quantitative estimate of drug-likeness (QED) is 0.371. The Kier molecular flexibility index (Phi) is 5.33. The van der Waals surface area contributed by atoms with Gasteiger partial charge in [-0.05, 0) is 12.1 Å². The van der Waals surface area contributed by atoms with Crippen molar-refractivity contribution in [2.45, 2.75) is 0 Å². The molecule has 0 unspecified atom stereocenters. The van der Waals surface area contributed by atoms with Crippen molar-refractivity contribution in [3.63, 3.8) is 0 Å². The summed E-state index contributed by atoms with van der Waals surface area (Å²) in [5, 5.41) is 26.1. The lowest BCUT2D eigenvalue weighted by Gasteiger charge is -1.97. The van der Waals surface area contributed by atoms with E-state index in [4.69, 9.17) is 0 Å². The largest absolute Gasteiger partial charge is 0.324 e. The molecule has 9 nitrogen and oxygen atoms in total. The van der Waals surface area contributed by atoms with Gasteiger partial charge in [0.25, 0.3) is 5.69 Å². The molecule has 1 amide bonds. The Morgan fingerprint density at radius 1 is 1.15 bits per heavy atom. The van der Waals surface area contributed by atoms with Crippen molar-refractivity contribution in [2.24, 2.45) is 0 Å². The van der Waals surface area contributed by atoms with Crippen molar-refractivity contribution < 1.29 is 14.6 Å². The van der Waals surface area contributed by atoms with Gasteiger partial charge in [0, 0.05) is 40.1 Å². The van der Waals surface area contributed by atoms with Crippen LogP contribution in [0.15, 0.2) is 47.9 Å². The molecule has 1 N–H and O–H groups in total. The molecule has 2 heterocycles. The molecule has 3 rings (SSSR count). The molecule has 0 saturated carbocycles. The first-order valence-corrected chi connectivity index (χ1v) is 9.05. The smallest absolute Gasteiger partial charge is 0.298 e. The molecule has 2 aromatic heterocycles. The molecular weight excluding hydrogens is 392 g/mol. The van der Waals surface area contributed by atoms with Gasteiger partial charge < -0.3 is 0 Å². The summed E-state index contributed by atoms with van der Waals surface area (Å²) in [6.45, 7) is 0. The van der Waals surface area contributed by atoms with Gasteiger partial charge in [-0.1, -0.05) is 23.5 Å². The number of hydrogen-bond donors (Lipinski definition) is 1. The van der Waals surface area contributed by atoms with Crippen LogP contribution >= 0.6 is 22.7 Å². The number of nitrogens with zero attached hydrogens (tertiary/aromatic N) is 3. The molecule has 0 bridgehead atoms. The molecule has 3 aromatic rings. The molecule has 0 saturated heterocycles. The second kappa shape index (κ2) is 7.85. The second-order valence-corrected chi connectivity index (χ2v) is 7.05. The number of nitro benzene ring substituents is 1. The van der Waals surface area contributed by atoms with E-state index in [-0.39, 0.29) is 10.7 Å². The summed E-state index contributed by atoms with van der Waals surface area (Å²) in [5.41, 5.74) is 1.04. The maximum absolute atomic E-state index is 12.0. The fourth-order valence-corrected chi connectivity index (χ4v) is 3.52. The van der Waals surface area contributed by atoms with E-state index in [1.54, 1.807) is 23.6 Å². The summed E-state index contributed by atoms with van der Waals surface area (Å²) in [6.07, 6.45) is 2.73. The summed E-state index contributed by atoms with van der Waals surface area (Å²) < 4.78 is 0. The molecule has 0 aliphatic carbocycles. The molecule has 0 fully saturated rings. The van der Waals surface area contributed by atoms with Crippen LogP contribution in [0.2, 0.25) is 0 Å².